The third-order valence-corrected chi connectivity index (χ3v) is 11.7. The number of fused-ring (bicyclic) bond motifs is 6. The fourth-order valence-electron chi connectivity index (χ4n) is 9.25. The van der Waals surface area contributed by atoms with Crippen LogP contribution in [0.2, 0.25) is 0 Å². The van der Waals surface area contributed by atoms with E-state index >= 15 is 0 Å². The van der Waals surface area contributed by atoms with Gasteiger partial charge < -0.3 is 79.7 Å². The molecule has 12 heteroatoms. The van der Waals surface area contributed by atoms with Gasteiger partial charge in [0.1, 0.15) is 39.3 Å². The van der Waals surface area contributed by atoms with E-state index in [1.54, 1.807) is 33.4 Å². The number of hydrogen-bond donors (Lipinski definition) is 3. The van der Waals surface area contributed by atoms with Crippen molar-refractivity contribution in [3.63, 3.8) is 0 Å². The summed E-state index contributed by atoms with van der Waals surface area (Å²) in [4.78, 5) is 7.37. The highest BCUT2D eigenvalue weighted by Crippen LogP contribution is 2.48. The second-order valence-electron chi connectivity index (χ2n) is 13.9. The molecule has 0 saturated carbocycles. The molecule has 6 aliphatic heterocycles. The van der Waals surface area contributed by atoms with Gasteiger partial charge in [-0.25, -0.2) is 0 Å². The van der Waals surface area contributed by atoms with Gasteiger partial charge in [0.05, 0.1) is 59.1 Å². The molecule has 0 bridgehead atoms. The van der Waals surface area contributed by atoms with E-state index in [0.29, 0.717) is 0 Å². The zero-order chi connectivity index (χ0) is 26.7. The van der Waals surface area contributed by atoms with Crippen molar-refractivity contribution in [3.05, 3.63) is 33.4 Å². The number of rotatable bonds is 6. The van der Waals surface area contributed by atoms with Gasteiger partial charge in [-0.3, -0.25) is 14.7 Å². The molecule has 0 aromatic heterocycles. The van der Waals surface area contributed by atoms with Gasteiger partial charge in [0.15, 0.2) is 0 Å². The van der Waals surface area contributed by atoms with Crippen molar-refractivity contribution >= 4 is 0 Å². The van der Waals surface area contributed by atoms with Crippen LogP contribution in [0.3, 0.4) is 0 Å². The molecule has 42 heavy (non-hydrogen) atoms. The lowest BCUT2D eigenvalue weighted by molar-refractivity contribution is -0.953. The number of β-amino-alcohol motifs (C(OH)–C–C–N with tert-alkyl or cyclic N) is 3. The maximum absolute atomic E-state index is 9.48. The minimum Gasteiger partial charge on any atom is -1.00 e. The summed E-state index contributed by atoms with van der Waals surface area (Å²) in [5.41, 5.74) is 10.5. The molecular weight excluding hydrogens is 732 g/mol. The normalized spacial score (nSPS) is 25.5. The van der Waals surface area contributed by atoms with Gasteiger partial charge in [0.25, 0.3) is 0 Å². The lowest BCUT2D eigenvalue weighted by Crippen LogP contribution is -3.00. The van der Waals surface area contributed by atoms with Crippen LogP contribution in [0.4, 0.5) is 0 Å². The zero-order valence-corrected chi connectivity index (χ0v) is 29.9. The Kier molecular flexibility index (Phi) is 11.7. The monoisotopic (exact) mass is 780 g/mol. The fourth-order valence-corrected chi connectivity index (χ4v) is 9.25. The van der Waals surface area contributed by atoms with Crippen molar-refractivity contribution in [1.29, 1.82) is 0 Å². The average molecular weight is 783 g/mol. The number of halogens is 3. The van der Waals surface area contributed by atoms with Crippen molar-refractivity contribution in [2.75, 3.05) is 118 Å². The van der Waals surface area contributed by atoms with Crippen LogP contribution in [0.15, 0.2) is 0 Å². The summed E-state index contributed by atoms with van der Waals surface area (Å²) in [6, 6.07) is 0. The number of benzene rings is 1. The van der Waals surface area contributed by atoms with Gasteiger partial charge in [-0.1, -0.05) is 0 Å². The lowest BCUT2D eigenvalue weighted by Gasteiger charge is -2.42. The summed E-state index contributed by atoms with van der Waals surface area (Å²) in [6.07, 6.45) is 0. The Morgan fingerprint density at radius 3 is 0.738 bits per heavy atom. The van der Waals surface area contributed by atoms with Gasteiger partial charge in [0, 0.05) is 92.3 Å². The molecule has 3 saturated heterocycles. The molecule has 0 unspecified atom stereocenters. The molecule has 0 amide bonds. The predicted molar refractivity (Wildman–Crippen MR) is 149 cm³/mol. The molecule has 240 valence electrons. The van der Waals surface area contributed by atoms with E-state index in [1.807, 2.05) is 0 Å². The standard InChI is InChI=1S/C30H51N6O3.3BrH/c37-16-7-31-1-10-34(11-2-31)19-25-26(20-34)28-22-36(14-5-33(6-15-36)9-18-39)24-30(28)29-23-35(21-27(25)29)12-3-32(4-13-35)8-17-38;;;/h37-39H,1-24H2;3*1H/q+3;;;/p-3. The molecule has 3 spiro atoms. The van der Waals surface area contributed by atoms with E-state index < -0.39 is 0 Å². The number of aliphatic hydroxyl groups is 3. The summed E-state index contributed by atoms with van der Waals surface area (Å²) in [7, 11) is 0. The third kappa shape index (κ3) is 6.31. The minimum atomic E-state index is 0. The molecule has 6 aliphatic rings. The topological polar surface area (TPSA) is 70.4 Å². The van der Waals surface area contributed by atoms with Gasteiger partial charge >= 0.3 is 0 Å². The van der Waals surface area contributed by atoms with E-state index in [1.165, 1.54) is 92.0 Å². The molecular formula is C30H51Br3N6O3. The van der Waals surface area contributed by atoms with E-state index in [-0.39, 0.29) is 70.8 Å². The molecule has 1 aromatic carbocycles. The number of aliphatic hydroxyl groups excluding tert-OH is 3. The predicted octanol–water partition coefficient (Wildman–Crippen LogP) is -9.89. The van der Waals surface area contributed by atoms with Gasteiger partial charge in [-0.05, 0) is 0 Å². The van der Waals surface area contributed by atoms with Crippen LogP contribution in [0.5, 0.6) is 0 Å². The first-order valence-electron chi connectivity index (χ1n) is 15.7. The van der Waals surface area contributed by atoms with Crippen molar-refractivity contribution in [2.24, 2.45) is 0 Å². The first-order valence-corrected chi connectivity index (χ1v) is 15.7. The molecule has 3 fully saturated rings. The number of hydrogen-bond acceptors (Lipinski definition) is 6. The molecule has 7 rings (SSSR count). The average Bonchev–Trinajstić information content (AvgIpc) is 3.62. The van der Waals surface area contributed by atoms with Crippen LogP contribution < -0.4 is 50.9 Å². The van der Waals surface area contributed by atoms with Crippen molar-refractivity contribution in [1.82, 2.24) is 14.7 Å². The Morgan fingerprint density at radius 2 is 0.571 bits per heavy atom. The Morgan fingerprint density at radius 1 is 0.381 bits per heavy atom. The highest BCUT2D eigenvalue weighted by atomic mass is 79.9. The maximum atomic E-state index is 9.48. The lowest BCUT2D eigenvalue weighted by atomic mass is 9.90. The Balaban J connectivity index is 0.00000135. The van der Waals surface area contributed by atoms with Gasteiger partial charge in [-0.2, -0.15) is 0 Å². The molecule has 0 radical (unpaired) electrons. The first kappa shape index (κ1) is 35.2. The second-order valence-corrected chi connectivity index (χ2v) is 13.9. The molecule has 9 nitrogen and oxygen atoms in total. The van der Waals surface area contributed by atoms with Crippen LogP contribution in [0.1, 0.15) is 33.4 Å². The minimum absolute atomic E-state index is 0. The SMILES string of the molecule is OCCN1CC[N+]2(CC1)Cc1c3c(c4c(c1C2)C[N+]1(CCN(CCO)CC1)C4)C[N+]1(CCN(CCO)CC1)C3.[Br-].[Br-].[Br-]. The second kappa shape index (κ2) is 14.0. The number of nitrogens with zero attached hydrogens (tertiary/aromatic N) is 6. The number of quaternary nitrogens is 3. The molecule has 6 heterocycles. The highest BCUT2D eigenvalue weighted by molar-refractivity contribution is 5.54. The van der Waals surface area contributed by atoms with E-state index in [2.05, 4.69) is 14.7 Å². The van der Waals surface area contributed by atoms with Crippen LogP contribution in [0, 0.1) is 0 Å². The molecule has 1 aromatic rings. The smallest absolute Gasteiger partial charge is 0.106 e. The Hall–Kier alpha value is 0.300. The largest absolute Gasteiger partial charge is 1.00 e. The maximum Gasteiger partial charge on any atom is 0.106 e. The van der Waals surface area contributed by atoms with E-state index in [0.717, 1.165) is 58.9 Å². The zero-order valence-electron chi connectivity index (χ0n) is 25.1. The van der Waals surface area contributed by atoms with Crippen LogP contribution in [-0.2, 0) is 39.3 Å². The summed E-state index contributed by atoms with van der Waals surface area (Å²) in [6.45, 7) is 24.5. The van der Waals surface area contributed by atoms with E-state index in [9.17, 15) is 15.3 Å². The summed E-state index contributed by atoms with van der Waals surface area (Å²) in [5.74, 6) is 0. The van der Waals surface area contributed by atoms with Crippen LogP contribution in [-0.4, -0.2) is 161 Å². The first-order chi connectivity index (χ1) is 19.0. The highest BCUT2D eigenvalue weighted by Gasteiger charge is 2.52. The molecule has 3 N–H and O–H groups in total. The Bertz CT molecular complexity index is 883. The van der Waals surface area contributed by atoms with Crippen LogP contribution >= 0.6 is 0 Å². The Labute approximate surface area is 283 Å². The van der Waals surface area contributed by atoms with Crippen LogP contribution in [0.25, 0.3) is 0 Å². The number of piperazine rings is 3. The molecule has 0 aliphatic carbocycles. The fraction of sp³-hybridized carbons (Fsp3) is 0.800. The van der Waals surface area contributed by atoms with Gasteiger partial charge in [0.2, 0.25) is 0 Å². The third-order valence-electron chi connectivity index (χ3n) is 11.7. The van der Waals surface area contributed by atoms with Gasteiger partial charge in [-0.15, -0.1) is 0 Å². The summed E-state index contributed by atoms with van der Waals surface area (Å²) >= 11 is 0. The van der Waals surface area contributed by atoms with E-state index in [4.69, 9.17) is 0 Å². The van der Waals surface area contributed by atoms with Crippen molar-refractivity contribution < 1.29 is 79.7 Å². The quantitative estimate of drug-likeness (QED) is 0.250. The van der Waals surface area contributed by atoms with Crippen molar-refractivity contribution in [2.45, 2.75) is 39.3 Å². The van der Waals surface area contributed by atoms with Crippen molar-refractivity contribution in [3.8, 4) is 0 Å². The summed E-state index contributed by atoms with van der Waals surface area (Å²) < 4.78 is 3.69. The molecule has 0 atom stereocenters. The summed E-state index contributed by atoms with van der Waals surface area (Å²) in [5, 5.41) is 28.4.